The summed E-state index contributed by atoms with van der Waals surface area (Å²) in [5.74, 6) is 0.562. The molecule has 138 valence electrons. The van der Waals surface area contributed by atoms with Gasteiger partial charge in [0.2, 0.25) is 0 Å². The molecule has 1 amide bonds. The number of hydrogen-bond donors (Lipinski definition) is 2. The lowest BCUT2D eigenvalue weighted by atomic mass is 10.2. The quantitative estimate of drug-likeness (QED) is 0.636. The normalized spacial score (nSPS) is 10.3. The number of para-hydroxylation sites is 1. The van der Waals surface area contributed by atoms with Crippen molar-refractivity contribution in [2.75, 3.05) is 17.7 Å². The van der Waals surface area contributed by atoms with Gasteiger partial charge in [0, 0.05) is 35.2 Å². The van der Waals surface area contributed by atoms with Crippen LogP contribution in [0.25, 0.3) is 0 Å². The van der Waals surface area contributed by atoms with E-state index in [0.717, 1.165) is 22.6 Å². The number of methoxy groups -OCH3 is 1. The van der Waals surface area contributed by atoms with Crippen LogP contribution in [0.4, 0.5) is 11.4 Å². The van der Waals surface area contributed by atoms with Crippen LogP contribution in [0, 0.1) is 6.92 Å². The number of pyridine rings is 1. The standard InChI is InChI=1S/C21H20ClN3O2/c1-14-7-8-17(10-19(14)22)25-21(26)16-9-18(13-23-11-16)24-12-15-5-3-4-6-20(15)27-2/h3-11,13,24H,12H2,1-2H3,(H,25,26). The van der Waals surface area contributed by atoms with Crippen LogP contribution in [0.3, 0.4) is 0 Å². The van der Waals surface area contributed by atoms with Crippen molar-refractivity contribution >= 4 is 28.9 Å². The molecule has 0 atom stereocenters. The lowest BCUT2D eigenvalue weighted by Gasteiger charge is -2.11. The first-order valence-corrected chi connectivity index (χ1v) is 8.83. The van der Waals surface area contributed by atoms with Crippen molar-refractivity contribution in [3.05, 3.63) is 82.6 Å². The maximum Gasteiger partial charge on any atom is 0.257 e. The fourth-order valence-corrected chi connectivity index (χ4v) is 2.76. The predicted octanol–water partition coefficient (Wildman–Crippen LogP) is 4.92. The monoisotopic (exact) mass is 381 g/mol. The average Bonchev–Trinajstić information content (AvgIpc) is 2.69. The van der Waals surface area contributed by atoms with Crippen molar-refractivity contribution in [1.29, 1.82) is 0 Å². The molecule has 6 heteroatoms. The Balaban J connectivity index is 1.69. The average molecular weight is 382 g/mol. The third-order valence-corrected chi connectivity index (χ3v) is 4.51. The summed E-state index contributed by atoms with van der Waals surface area (Å²) in [7, 11) is 1.64. The van der Waals surface area contributed by atoms with E-state index < -0.39 is 0 Å². The highest BCUT2D eigenvalue weighted by Crippen LogP contribution is 2.21. The Morgan fingerprint density at radius 3 is 2.70 bits per heavy atom. The van der Waals surface area contributed by atoms with Crippen LogP contribution in [0.2, 0.25) is 5.02 Å². The number of carbonyl (C=O) groups is 1. The molecule has 0 radical (unpaired) electrons. The zero-order chi connectivity index (χ0) is 19.2. The van der Waals surface area contributed by atoms with Crippen molar-refractivity contribution in [2.24, 2.45) is 0 Å². The molecule has 0 spiro atoms. The Kier molecular flexibility index (Phi) is 5.94. The summed E-state index contributed by atoms with van der Waals surface area (Å²) in [6.45, 7) is 2.47. The molecular formula is C21H20ClN3O2. The van der Waals surface area contributed by atoms with E-state index in [9.17, 15) is 4.79 Å². The van der Waals surface area contributed by atoms with E-state index in [1.54, 1.807) is 25.4 Å². The summed E-state index contributed by atoms with van der Waals surface area (Å²) < 4.78 is 5.35. The Morgan fingerprint density at radius 2 is 1.93 bits per heavy atom. The van der Waals surface area contributed by atoms with Gasteiger partial charge < -0.3 is 15.4 Å². The molecule has 5 nitrogen and oxygen atoms in total. The third kappa shape index (κ3) is 4.77. The Bertz CT molecular complexity index is 960. The van der Waals surface area contributed by atoms with E-state index in [1.165, 1.54) is 6.20 Å². The number of carbonyl (C=O) groups excluding carboxylic acids is 1. The van der Waals surface area contributed by atoms with Crippen molar-refractivity contribution in [3.8, 4) is 5.75 Å². The van der Waals surface area contributed by atoms with Gasteiger partial charge in [0.1, 0.15) is 5.75 Å². The molecule has 2 aromatic carbocycles. The van der Waals surface area contributed by atoms with Crippen LogP contribution in [0.5, 0.6) is 5.75 Å². The maximum atomic E-state index is 12.5. The van der Waals surface area contributed by atoms with Crippen LogP contribution in [-0.4, -0.2) is 18.0 Å². The molecule has 3 aromatic rings. The molecule has 0 aliphatic rings. The topological polar surface area (TPSA) is 63.2 Å². The summed E-state index contributed by atoms with van der Waals surface area (Å²) >= 11 is 6.11. The lowest BCUT2D eigenvalue weighted by molar-refractivity contribution is 0.102. The molecule has 1 heterocycles. The summed E-state index contributed by atoms with van der Waals surface area (Å²) in [6.07, 6.45) is 3.20. The van der Waals surface area contributed by atoms with E-state index >= 15 is 0 Å². The molecule has 0 saturated carbocycles. The summed E-state index contributed by atoms with van der Waals surface area (Å²) in [4.78, 5) is 16.6. The summed E-state index contributed by atoms with van der Waals surface area (Å²) in [6, 6.07) is 14.9. The van der Waals surface area contributed by atoms with Crippen LogP contribution >= 0.6 is 11.6 Å². The molecule has 2 N–H and O–H groups in total. The molecule has 0 aliphatic heterocycles. The van der Waals surface area contributed by atoms with E-state index in [1.807, 2.05) is 43.3 Å². The third-order valence-electron chi connectivity index (χ3n) is 4.11. The van der Waals surface area contributed by atoms with E-state index in [0.29, 0.717) is 22.8 Å². The number of benzene rings is 2. The fraction of sp³-hybridized carbons (Fsp3) is 0.143. The second-order valence-electron chi connectivity index (χ2n) is 6.05. The predicted molar refractivity (Wildman–Crippen MR) is 109 cm³/mol. The highest BCUT2D eigenvalue weighted by atomic mass is 35.5. The van der Waals surface area contributed by atoms with Gasteiger partial charge in [-0.15, -0.1) is 0 Å². The Morgan fingerprint density at radius 1 is 1.11 bits per heavy atom. The fourth-order valence-electron chi connectivity index (χ4n) is 2.58. The number of halogens is 1. The molecule has 0 bridgehead atoms. The van der Waals surface area contributed by atoms with Gasteiger partial charge in [-0.1, -0.05) is 35.9 Å². The zero-order valence-electron chi connectivity index (χ0n) is 15.1. The molecule has 27 heavy (non-hydrogen) atoms. The number of amides is 1. The number of anilines is 2. The molecule has 0 saturated heterocycles. The molecule has 1 aromatic heterocycles. The van der Waals surface area contributed by atoms with Gasteiger partial charge in [-0.25, -0.2) is 0 Å². The summed E-state index contributed by atoms with van der Waals surface area (Å²) in [5, 5.41) is 6.71. The second-order valence-corrected chi connectivity index (χ2v) is 6.45. The molecule has 0 fully saturated rings. The molecule has 3 rings (SSSR count). The number of nitrogens with zero attached hydrogens (tertiary/aromatic N) is 1. The number of rotatable bonds is 6. The van der Waals surface area contributed by atoms with Crippen LogP contribution in [0.15, 0.2) is 60.9 Å². The van der Waals surface area contributed by atoms with Gasteiger partial charge in [0.05, 0.1) is 18.4 Å². The second kappa shape index (κ2) is 8.56. The minimum atomic E-state index is -0.247. The largest absolute Gasteiger partial charge is 0.496 e. The van der Waals surface area contributed by atoms with Gasteiger partial charge >= 0.3 is 0 Å². The van der Waals surface area contributed by atoms with E-state index in [-0.39, 0.29) is 5.91 Å². The summed E-state index contributed by atoms with van der Waals surface area (Å²) in [5.41, 5.74) is 3.82. The zero-order valence-corrected chi connectivity index (χ0v) is 15.9. The van der Waals surface area contributed by atoms with Gasteiger partial charge in [-0.3, -0.25) is 9.78 Å². The van der Waals surface area contributed by atoms with Gasteiger partial charge in [0.25, 0.3) is 5.91 Å². The number of ether oxygens (including phenoxy) is 1. The molecule has 0 unspecified atom stereocenters. The van der Waals surface area contributed by atoms with Crippen LogP contribution < -0.4 is 15.4 Å². The van der Waals surface area contributed by atoms with Crippen molar-refractivity contribution in [3.63, 3.8) is 0 Å². The first kappa shape index (κ1) is 18.7. The van der Waals surface area contributed by atoms with E-state index in [2.05, 4.69) is 15.6 Å². The number of aryl methyl sites for hydroxylation is 1. The van der Waals surface area contributed by atoms with Gasteiger partial charge in [-0.2, -0.15) is 0 Å². The SMILES string of the molecule is COc1ccccc1CNc1cncc(C(=O)Nc2ccc(C)c(Cl)c2)c1. The first-order chi connectivity index (χ1) is 13.1. The number of nitrogens with one attached hydrogen (secondary N) is 2. The molecule has 0 aliphatic carbocycles. The van der Waals surface area contributed by atoms with Crippen LogP contribution in [0.1, 0.15) is 21.5 Å². The van der Waals surface area contributed by atoms with Crippen molar-refractivity contribution in [1.82, 2.24) is 4.98 Å². The van der Waals surface area contributed by atoms with Crippen molar-refractivity contribution < 1.29 is 9.53 Å². The Labute approximate surface area is 163 Å². The first-order valence-electron chi connectivity index (χ1n) is 8.45. The number of aromatic nitrogens is 1. The highest BCUT2D eigenvalue weighted by molar-refractivity contribution is 6.31. The lowest BCUT2D eigenvalue weighted by Crippen LogP contribution is -2.13. The van der Waals surface area contributed by atoms with E-state index in [4.69, 9.17) is 16.3 Å². The highest BCUT2D eigenvalue weighted by Gasteiger charge is 2.09. The Hall–Kier alpha value is -3.05. The van der Waals surface area contributed by atoms with Crippen LogP contribution in [-0.2, 0) is 6.54 Å². The number of hydrogen-bond acceptors (Lipinski definition) is 4. The van der Waals surface area contributed by atoms with Crippen molar-refractivity contribution in [2.45, 2.75) is 13.5 Å². The minimum absolute atomic E-state index is 0.247. The maximum absolute atomic E-state index is 12.5. The minimum Gasteiger partial charge on any atom is -0.496 e. The smallest absolute Gasteiger partial charge is 0.257 e. The molecular weight excluding hydrogens is 362 g/mol. The van der Waals surface area contributed by atoms with Gasteiger partial charge in [0.15, 0.2) is 0 Å². The van der Waals surface area contributed by atoms with Gasteiger partial charge in [-0.05, 0) is 36.8 Å².